The van der Waals surface area contributed by atoms with E-state index in [1.807, 2.05) is 0 Å². The molecule has 0 unspecified atom stereocenters. The SMILES string of the molecule is Cc1ccccc1-c1nc(C(C)(C)CN)c(C)s1. The maximum absolute atomic E-state index is 5.85. The Morgan fingerprint density at radius 3 is 2.50 bits per heavy atom. The van der Waals surface area contributed by atoms with Gasteiger partial charge in [0, 0.05) is 22.4 Å². The number of nitrogens with two attached hydrogens (primary N) is 1. The van der Waals surface area contributed by atoms with Gasteiger partial charge in [-0.3, -0.25) is 0 Å². The second kappa shape index (κ2) is 4.82. The molecule has 2 N–H and O–H groups in total. The van der Waals surface area contributed by atoms with Crippen LogP contribution < -0.4 is 5.73 Å². The molecule has 0 saturated carbocycles. The molecule has 2 rings (SSSR count). The first-order valence-corrected chi connectivity index (χ1v) is 7.01. The van der Waals surface area contributed by atoms with Crippen LogP contribution in [-0.2, 0) is 5.41 Å². The largest absolute Gasteiger partial charge is 0.330 e. The van der Waals surface area contributed by atoms with Gasteiger partial charge in [0.2, 0.25) is 0 Å². The molecule has 2 nitrogen and oxygen atoms in total. The normalized spacial score (nSPS) is 11.8. The summed E-state index contributed by atoms with van der Waals surface area (Å²) >= 11 is 1.76. The molecule has 0 radical (unpaired) electrons. The van der Waals surface area contributed by atoms with Crippen LogP contribution in [0.1, 0.15) is 30.0 Å². The summed E-state index contributed by atoms with van der Waals surface area (Å²) in [5.41, 5.74) is 9.42. The van der Waals surface area contributed by atoms with Gasteiger partial charge in [0.15, 0.2) is 0 Å². The fraction of sp³-hybridized carbons (Fsp3) is 0.400. The molecular formula is C15H20N2S. The van der Waals surface area contributed by atoms with Crippen molar-refractivity contribution in [3.05, 3.63) is 40.4 Å². The van der Waals surface area contributed by atoms with Crippen LogP contribution in [0.3, 0.4) is 0 Å². The third kappa shape index (κ3) is 2.33. The number of thiazole rings is 1. The van der Waals surface area contributed by atoms with Crippen molar-refractivity contribution >= 4 is 11.3 Å². The highest BCUT2D eigenvalue weighted by molar-refractivity contribution is 7.15. The Morgan fingerprint density at radius 1 is 1.22 bits per heavy atom. The summed E-state index contributed by atoms with van der Waals surface area (Å²) in [6, 6.07) is 8.38. The van der Waals surface area contributed by atoms with Crippen molar-refractivity contribution in [1.29, 1.82) is 0 Å². The van der Waals surface area contributed by atoms with E-state index >= 15 is 0 Å². The molecule has 0 bridgehead atoms. The van der Waals surface area contributed by atoms with Crippen molar-refractivity contribution in [2.24, 2.45) is 5.73 Å². The molecule has 0 aliphatic rings. The zero-order valence-corrected chi connectivity index (χ0v) is 12.3. The van der Waals surface area contributed by atoms with Crippen LogP contribution in [0.2, 0.25) is 0 Å². The molecule has 0 fully saturated rings. The Balaban J connectivity index is 2.51. The molecule has 0 saturated heterocycles. The van der Waals surface area contributed by atoms with E-state index in [9.17, 15) is 0 Å². The minimum absolute atomic E-state index is 0.0540. The number of aryl methyl sites for hydroxylation is 2. The number of benzene rings is 1. The molecule has 0 spiro atoms. The van der Waals surface area contributed by atoms with Crippen LogP contribution in [0.25, 0.3) is 10.6 Å². The molecule has 0 aliphatic heterocycles. The summed E-state index contributed by atoms with van der Waals surface area (Å²) < 4.78 is 0. The summed E-state index contributed by atoms with van der Waals surface area (Å²) in [6.45, 7) is 9.17. The van der Waals surface area contributed by atoms with Gasteiger partial charge in [0.1, 0.15) is 5.01 Å². The highest BCUT2D eigenvalue weighted by Gasteiger charge is 2.25. The van der Waals surface area contributed by atoms with E-state index in [-0.39, 0.29) is 5.41 Å². The lowest BCUT2D eigenvalue weighted by atomic mass is 9.89. The quantitative estimate of drug-likeness (QED) is 0.914. The zero-order chi connectivity index (χ0) is 13.3. The second-order valence-electron chi connectivity index (χ2n) is 5.33. The lowest BCUT2D eigenvalue weighted by molar-refractivity contribution is 0.522. The van der Waals surface area contributed by atoms with Gasteiger partial charge < -0.3 is 5.73 Å². The fourth-order valence-corrected chi connectivity index (χ4v) is 3.23. The Labute approximate surface area is 113 Å². The Hall–Kier alpha value is -1.19. The Morgan fingerprint density at radius 2 is 1.89 bits per heavy atom. The summed E-state index contributed by atoms with van der Waals surface area (Å²) in [5, 5.41) is 1.10. The average molecular weight is 260 g/mol. The van der Waals surface area contributed by atoms with Crippen molar-refractivity contribution in [2.75, 3.05) is 6.54 Å². The molecule has 18 heavy (non-hydrogen) atoms. The summed E-state index contributed by atoms with van der Waals surface area (Å²) in [7, 11) is 0. The third-order valence-electron chi connectivity index (χ3n) is 3.32. The van der Waals surface area contributed by atoms with Gasteiger partial charge in [-0.2, -0.15) is 0 Å². The third-order valence-corrected chi connectivity index (χ3v) is 4.33. The molecule has 0 aliphatic carbocycles. The van der Waals surface area contributed by atoms with Crippen molar-refractivity contribution in [3.63, 3.8) is 0 Å². The van der Waals surface area contributed by atoms with Gasteiger partial charge in [-0.15, -0.1) is 11.3 Å². The van der Waals surface area contributed by atoms with Gasteiger partial charge in [-0.25, -0.2) is 4.98 Å². The van der Waals surface area contributed by atoms with Crippen LogP contribution in [0, 0.1) is 13.8 Å². The van der Waals surface area contributed by atoms with Gasteiger partial charge in [0.05, 0.1) is 5.69 Å². The molecule has 0 atom stereocenters. The van der Waals surface area contributed by atoms with E-state index in [1.54, 1.807) is 11.3 Å². The molecule has 1 aromatic carbocycles. The average Bonchev–Trinajstić information content (AvgIpc) is 2.72. The Bertz CT molecular complexity index is 555. The van der Waals surface area contributed by atoms with E-state index in [1.165, 1.54) is 16.0 Å². The van der Waals surface area contributed by atoms with E-state index in [2.05, 4.69) is 52.0 Å². The lowest BCUT2D eigenvalue weighted by Crippen LogP contribution is -2.29. The Kier molecular flexibility index (Phi) is 3.55. The topological polar surface area (TPSA) is 38.9 Å². The fourth-order valence-electron chi connectivity index (χ4n) is 2.05. The molecule has 3 heteroatoms. The molecule has 2 aromatic rings. The maximum atomic E-state index is 5.85. The molecule has 1 heterocycles. The minimum Gasteiger partial charge on any atom is -0.330 e. The highest BCUT2D eigenvalue weighted by atomic mass is 32.1. The van der Waals surface area contributed by atoms with E-state index < -0.39 is 0 Å². The number of aromatic nitrogens is 1. The van der Waals surface area contributed by atoms with Crippen LogP contribution >= 0.6 is 11.3 Å². The van der Waals surface area contributed by atoms with Crippen LogP contribution in [0.4, 0.5) is 0 Å². The van der Waals surface area contributed by atoms with Gasteiger partial charge >= 0.3 is 0 Å². The maximum Gasteiger partial charge on any atom is 0.124 e. The first kappa shape index (κ1) is 13.2. The van der Waals surface area contributed by atoms with Crippen molar-refractivity contribution in [2.45, 2.75) is 33.1 Å². The number of hydrogen-bond acceptors (Lipinski definition) is 3. The lowest BCUT2D eigenvalue weighted by Gasteiger charge is -2.20. The molecular weight excluding hydrogens is 240 g/mol. The summed E-state index contributed by atoms with van der Waals surface area (Å²) in [4.78, 5) is 6.09. The second-order valence-corrected chi connectivity index (χ2v) is 6.53. The zero-order valence-electron chi connectivity index (χ0n) is 11.4. The van der Waals surface area contributed by atoms with Crippen molar-refractivity contribution in [1.82, 2.24) is 4.98 Å². The first-order valence-electron chi connectivity index (χ1n) is 6.19. The van der Waals surface area contributed by atoms with Crippen LogP contribution in [0.15, 0.2) is 24.3 Å². The van der Waals surface area contributed by atoms with E-state index in [0.717, 1.165) is 10.7 Å². The smallest absolute Gasteiger partial charge is 0.124 e. The standard InChI is InChI=1S/C15H20N2S/c1-10-7-5-6-8-12(10)14-17-13(11(2)18-14)15(3,4)9-16/h5-8H,9,16H2,1-4H3. The van der Waals surface area contributed by atoms with Gasteiger partial charge in [0.25, 0.3) is 0 Å². The predicted octanol–water partition coefficient (Wildman–Crippen LogP) is 3.66. The van der Waals surface area contributed by atoms with E-state index in [4.69, 9.17) is 10.7 Å². The van der Waals surface area contributed by atoms with Crippen molar-refractivity contribution in [3.8, 4) is 10.6 Å². The molecule has 0 amide bonds. The summed E-state index contributed by atoms with van der Waals surface area (Å²) in [6.07, 6.45) is 0. The predicted molar refractivity (Wildman–Crippen MR) is 79.1 cm³/mol. The highest BCUT2D eigenvalue weighted by Crippen LogP contribution is 2.34. The molecule has 96 valence electrons. The van der Waals surface area contributed by atoms with Crippen LogP contribution in [0.5, 0.6) is 0 Å². The number of hydrogen-bond donors (Lipinski definition) is 1. The molecule has 1 aromatic heterocycles. The monoisotopic (exact) mass is 260 g/mol. The van der Waals surface area contributed by atoms with Gasteiger partial charge in [-0.1, -0.05) is 38.1 Å². The number of nitrogens with zero attached hydrogens (tertiary/aromatic N) is 1. The van der Waals surface area contributed by atoms with Crippen molar-refractivity contribution < 1.29 is 0 Å². The van der Waals surface area contributed by atoms with E-state index in [0.29, 0.717) is 6.54 Å². The van der Waals surface area contributed by atoms with Gasteiger partial charge in [-0.05, 0) is 19.4 Å². The summed E-state index contributed by atoms with van der Waals surface area (Å²) in [5.74, 6) is 0. The first-order chi connectivity index (χ1) is 8.45. The minimum atomic E-state index is -0.0540. The number of rotatable bonds is 3. The van der Waals surface area contributed by atoms with Crippen LogP contribution in [-0.4, -0.2) is 11.5 Å².